The number of aliphatic hydroxyl groups is 1. The van der Waals surface area contributed by atoms with E-state index in [9.17, 15) is 14.3 Å². The van der Waals surface area contributed by atoms with Crippen molar-refractivity contribution in [1.82, 2.24) is 4.57 Å². The number of aliphatic hydroxyl groups excluding tert-OH is 1. The van der Waals surface area contributed by atoms with Crippen molar-refractivity contribution in [2.24, 2.45) is 5.92 Å². The van der Waals surface area contributed by atoms with Crippen LogP contribution in [0.5, 0.6) is 0 Å². The molecule has 18 heavy (non-hydrogen) atoms. The van der Waals surface area contributed by atoms with Gasteiger partial charge in [-0.25, -0.2) is 4.39 Å². The number of aromatic nitrogens is 1. The van der Waals surface area contributed by atoms with Gasteiger partial charge >= 0.3 is 0 Å². The van der Waals surface area contributed by atoms with Gasteiger partial charge in [0.05, 0.1) is 6.10 Å². The van der Waals surface area contributed by atoms with Crippen molar-refractivity contribution in [3.05, 3.63) is 34.5 Å². The first kappa shape index (κ1) is 13.3. The van der Waals surface area contributed by atoms with Gasteiger partial charge < -0.3 is 9.67 Å². The van der Waals surface area contributed by atoms with Crippen LogP contribution in [-0.2, 0) is 0 Å². The van der Waals surface area contributed by atoms with Crippen molar-refractivity contribution < 1.29 is 9.50 Å². The minimum absolute atomic E-state index is 0.0723. The highest BCUT2D eigenvalue weighted by molar-refractivity contribution is 5.00. The molecule has 4 heteroatoms. The summed E-state index contributed by atoms with van der Waals surface area (Å²) in [6.07, 6.45) is 5.19. The molecule has 0 spiro atoms. The smallest absolute Gasteiger partial charge is 0.250 e. The second kappa shape index (κ2) is 5.65. The topological polar surface area (TPSA) is 42.2 Å². The molecule has 1 saturated carbocycles. The standard InChI is InChI=1S/C14H20FNO2/c1-2-3-10-4-6-12(17)8-13(10)16-9-11(15)5-7-14(16)18/h5,7,9-10,12-13,17H,2-4,6,8H2,1H3. The summed E-state index contributed by atoms with van der Waals surface area (Å²) in [5.41, 5.74) is -0.184. The largest absolute Gasteiger partial charge is 0.393 e. The van der Waals surface area contributed by atoms with Gasteiger partial charge in [-0.15, -0.1) is 0 Å². The molecule has 0 aromatic carbocycles. The molecular formula is C14H20FNO2. The van der Waals surface area contributed by atoms with Crippen LogP contribution in [-0.4, -0.2) is 15.8 Å². The predicted molar refractivity (Wildman–Crippen MR) is 68.0 cm³/mol. The van der Waals surface area contributed by atoms with Crippen molar-refractivity contribution in [2.45, 2.75) is 51.2 Å². The third-order valence-electron chi connectivity index (χ3n) is 3.85. The van der Waals surface area contributed by atoms with Crippen LogP contribution in [0.1, 0.15) is 45.1 Å². The summed E-state index contributed by atoms with van der Waals surface area (Å²) in [7, 11) is 0. The Morgan fingerprint density at radius 1 is 1.44 bits per heavy atom. The average molecular weight is 253 g/mol. The van der Waals surface area contributed by atoms with Crippen LogP contribution in [0.25, 0.3) is 0 Å². The Hall–Kier alpha value is -1.16. The number of pyridine rings is 1. The molecule has 3 nitrogen and oxygen atoms in total. The molecule has 0 amide bonds. The van der Waals surface area contributed by atoms with E-state index in [-0.39, 0.29) is 17.7 Å². The number of nitrogens with zero attached hydrogens (tertiary/aromatic N) is 1. The lowest BCUT2D eigenvalue weighted by Gasteiger charge is -2.35. The molecular weight excluding hydrogens is 233 g/mol. The fourth-order valence-corrected chi connectivity index (χ4v) is 2.97. The van der Waals surface area contributed by atoms with Gasteiger partial charge in [0, 0.05) is 18.3 Å². The Morgan fingerprint density at radius 2 is 2.22 bits per heavy atom. The summed E-state index contributed by atoms with van der Waals surface area (Å²) < 4.78 is 14.8. The van der Waals surface area contributed by atoms with E-state index in [4.69, 9.17) is 0 Å². The summed E-state index contributed by atoms with van der Waals surface area (Å²) in [4.78, 5) is 11.8. The molecule has 1 aliphatic carbocycles. The van der Waals surface area contributed by atoms with Crippen molar-refractivity contribution >= 4 is 0 Å². The van der Waals surface area contributed by atoms with Gasteiger partial charge in [-0.05, 0) is 37.7 Å². The molecule has 1 aromatic rings. The van der Waals surface area contributed by atoms with Crippen LogP contribution in [0.15, 0.2) is 23.1 Å². The van der Waals surface area contributed by atoms with Crippen LogP contribution < -0.4 is 5.56 Å². The van der Waals surface area contributed by atoms with Crippen LogP contribution >= 0.6 is 0 Å². The highest BCUT2D eigenvalue weighted by Crippen LogP contribution is 2.36. The maximum atomic E-state index is 13.3. The summed E-state index contributed by atoms with van der Waals surface area (Å²) in [6, 6.07) is 2.38. The van der Waals surface area contributed by atoms with E-state index in [1.54, 1.807) is 0 Å². The van der Waals surface area contributed by atoms with Gasteiger partial charge in [0.1, 0.15) is 5.82 Å². The maximum absolute atomic E-state index is 13.3. The summed E-state index contributed by atoms with van der Waals surface area (Å²) in [5.74, 6) is -0.0391. The molecule has 1 N–H and O–H groups in total. The van der Waals surface area contributed by atoms with Crippen molar-refractivity contribution in [3.63, 3.8) is 0 Å². The van der Waals surface area contributed by atoms with Crippen molar-refractivity contribution in [1.29, 1.82) is 0 Å². The SMILES string of the molecule is CCCC1CCC(O)CC1n1cc(F)ccc1=O. The van der Waals surface area contributed by atoms with E-state index in [0.29, 0.717) is 12.3 Å². The quantitative estimate of drug-likeness (QED) is 0.899. The molecule has 0 radical (unpaired) electrons. The molecule has 100 valence electrons. The molecule has 0 bridgehead atoms. The van der Waals surface area contributed by atoms with Gasteiger partial charge in [-0.2, -0.15) is 0 Å². The van der Waals surface area contributed by atoms with Crippen molar-refractivity contribution in [2.75, 3.05) is 0 Å². The minimum atomic E-state index is -0.398. The second-order valence-electron chi connectivity index (χ2n) is 5.18. The molecule has 1 aromatic heterocycles. The average Bonchev–Trinajstić information content (AvgIpc) is 2.35. The Morgan fingerprint density at radius 3 is 2.94 bits per heavy atom. The van der Waals surface area contributed by atoms with Gasteiger partial charge in [-0.3, -0.25) is 4.79 Å². The lowest BCUT2D eigenvalue weighted by Crippen LogP contribution is -2.35. The minimum Gasteiger partial charge on any atom is -0.393 e. The van der Waals surface area contributed by atoms with Crippen LogP contribution in [0, 0.1) is 11.7 Å². The van der Waals surface area contributed by atoms with E-state index in [1.165, 1.54) is 22.9 Å². The van der Waals surface area contributed by atoms with E-state index >= 15 is 0 Å². The zero-order valence-electron chi connectivity index (χ0n) is 10.7. The Kier molecular flexibility index (Phi) is 4.17. The highest BCUT2D eigenvalue weighted by atomic mass is 19.1. The fraction of sp³-hybridized carbons (Fsp3) is 0.643. The Balaban J connectivity index is 2.31. The number of hydrogen-bond donors (Lipinski definition) is 1. The number of hydrogen-bond acceptors (Lipinski definition) is 2. The first-order chi connectivity index (χ1) is 8.61. The molecule has 3 atom stereocenters. The predicted octanol–water partition coefficient (Wildman–Crippen LogP) is 2.49. The molecule has 3 unspecified atom stereocenters. The zero-order chi connectivity index (χ0) is 13.1. The first-order valence-corrected chi connectivity index (χ1v) is 6.67. The maximum Gasteiger partial charge on any atom is 0.250 e. The van der Waals surface area contributed by atoms with E-state index in [2.05, 4.69) is 6.92 Å². The number of rotatable bonds is 3. The van der Waals surface area contributed by atoms with Crippen LogP contribution in [0.2, 0.25) is 0 Å². The molecule has 2 rings (SSSR count). The second-order valence-corrected chi connectivity index (χ2v) is 5.18. The van der Waals surface area contributed by atoms with Crippen molar-refractivity contribution in [3.8, 4) is 0 Å². The lowest BCUT2D eigenvalue weighted by molar-refractivity contribution is 0.0678. The Bertz CT molecular complexity index is 457. The highest BCUT2D eigenvalue weighted by Gasteiger charge is 2.30. The molecule has 0 aliphatic heterocycles. The van der Waals surface area contributed by atoms with E-state index in [0.717, 1.165) is 25.7 Å². The zero-order valence-corrected chi connectivity index (χ0v) is 10.7. The summed E-state index contributed by atoms with van der Waals surface area (Å²) >= 11 is 0. The fourth-order valence-electron chi connectivity index (χ4n) is 2.97. The lowest BCUT2D eigenvalue weighted by atomic mass is 9.80. The summed E-state index contributed by atoms with van der Waals surface area (Å²) in [5, 5.41) is 9.78. The summed E-state index contributed by atoms with van der Waals surface area (Å²) in [6.45, 7) is 2.11. The number of halogens is 1. The third kappa shape index (κ3) is 2.80. The van der Waals surface area contributed by atoms with Gasteiger partial charge in [-0.1, -0.05) is 13.3 Å². The van der Waals surface area contributed by atoms with Gasteiger partial charge in [0.2, 0.25) is 0 Å². The Labute approximate surface area is 106 Å². The van der Waals surface area contributed by atoms with Crippen LogP contribution in [0.4, 0.5) is 4.39 Å². The first-order valence-electron chi connectivity index (χ1n) is 6.67. The molecule has 0 saturated heterocycles. The van der Waals surface area contributed by atoms with Gasteiger partial charge in [0.25, 0.3) is 5.56 Å². The normalized spacial score (nSPS) is 28.3. The van der Waals surface area contributed by atoms with Gasteiger partial charge in [0.15, 0.2) is 0 Å². The molecule has 1 heterocycles. The third-order valence-corrected chi connectivity index (χ3v) is 3.85. The monoisotopic (exact) mass is 253 g/mol. The molecule has 1 aliphatic rings. The van der Waals surface area contributed by atoms with E-state index in [1.807, 2.05) is 0 Å². The van der Waals surface area contributed by atoms with E-state index < -0.39 is 5.82 Å². The van der Waals surface area contributed by atoms with Crippen LogP contribution in [0.3, 0.4) is 0 Å². The molecule has 1 fully saturated rings.